The third-order valence-corrected chi connectivity index (χ3v) is 14.2. The third kappa shape index (κ3) is 12.0. The van der Waals surface area contributed by atoms with Crippen LogP contribution in [0.1, 0.15) is 150 Å². The average molecular weight is 872 g/mol. The van der Waals surface area contributed by atoms with Gasteiger partial charge < -0.3 is 6.92 Å². The van der Waals surface area contributed by atoms with Crippen molar-refractivity contribution in [2.45, 2.75) is 93.8 Å². The second-order valence-electron chi connectivity index (χ2n) is 18.5. The molecule has 0 bridgehead atoms. The van der Waals surface area contributed by atoms with E-state index in [1.807, 2.05) is 60.7 Å². The van der Waals surface area contributed by atoms with Crippen molar-refractivity contribution in [3.8, 4) is 24.3 Å². The molecular weight excluding hydrogens is 813 g/mol. The Bertz CT molecular complexity index is 2750. The minimum absolute atomic E-state index is 0.0320. The molecule has 0 amide bonds. The summed E-state index contributed by atoms with van der Waals surface area (Å²) >= 11 is 0. The maximum absolute atomic E-state index is 10.00. The fraction of sp³-hybridized carbons (Fsp3) is 0.254. The molecule has 0 spiro atoms. The van der Waals surface area contributed by atoms with Gasteiger partial charge in [-0.3, -0.25) is 0 Å². The Kier molecular flexibility index (Phi) is 16.4. The number of rotatable bonds is 20. The number of nitriles is 4. The first-order valence-corrected chi connectivity index (χ1v) is 23.7. The minimum atomic E-state index is -0.412. The van der Waals surface area contributed by atoms with Gasteiger partial charge in [0, 0.05) is 5.41 Å². The molecule has 6 atom stereocenters. The van der Waals surface area contributed by atoms with Crippen LogP contribution in [0, 0.1) is 58.2 Å². The summed E-state index contributed by atoms with van der Waals surface area (Å²) < 4.78 is 0. The lowest BCUT2D eigenvalue weighted by atomic mass is 9.61. The van der Waals surface area contributed by atoms with Crippen molar-refractivity contribution in [3.05, 3.63) is 256 Å². The zero-order valence-corrected chi connectivity index (χ0v) is 38.8. The third-order valence-electron chi connectivity index (χ3n) is 14.2. The van der Waals surface area contributed by atoms with Gasteiger partial charge in [-0.1, -0.05) is 172 Å². The van der Waals surface area contributed by atoms with E-state index in [0.717, 1.165) is 56.1 Å². The van der Waals surface area contributed by atoms with Gasteiger partial charge in [0.2, 0.25) is 0 Å². The Morgan fingerprint density at radius 1 is 0.388 bits per heavy atom. The fourth-order valence-electron chi connectivity index (χ4n) is 10.4. The Labute approximate surface area is 399 Å². The molecule has 7 aromatic carbocycles. The van der Waals surface area contributed by atoms with Crippen LogP contribution >= 0.6 is 0 Å². The van der Waals surface area contributed by atoms with E-state index in [0.29, 0.717) is 28.2 Å². The number of hydrogen-bond acceptors (Lipinski definition) is 4. The maximum atomic E-state index is 10.00. The van der Waals surface area contributed by atoms with Crippen LogP contribution in [0.2, 0.25) is 0 Å². The van der Waals surface area contributed by atoms with Crippen molar-refractivity contribution in [1.82, 2.24) is 0 Å². The fourth-order valence-corrected chi connectivity index (χ4v) is 10.4. The lowest BCUT2D eigenvalue weighted by molar-refractivity contribution is 0.314. The number of nitrogens with zero attached hydrogens (tertiary/aromatic N) is 4. The molecule has 0 saturated heterocycles. The molecule has 6 unspecified atom stereocenters. The van der Waals surface area contributed by atoms with E-state index in [2.05, 4.69) is 172 Å². The molecule has 4 nitrogen and oxygen atoms in total. The van der Waals surface area contributed by atoms with Gasteiger partial charge in [0.25, 0.3) is 0 Å². The summed E-state index contributed by atoms with van der Waals surface area (Å²) in [4.78, 5) is 0. The van der Waals surface area contributed by atoms with Gasteiger partial charge in [-0.2, -0.15) is 21.0 Å². The topological polar surface area (TPSA) is 95.2 Å². The first-order valence-electron chi connectivity index (χ1n) is 23.7. The Morgan fingerprint density at radius 2 is 0.701 bits per heavy atom. The molecule has 0 fully saturated rings. The molecule has 0 aliphatic rings. The van der Waals surface area contributed by atoms with Crippen LogP contribution < -0.4 is 0 Å². The molecule has 0 radical (unpaired) electrons. The van der Waals surface area contributed by atoms with E-state index in [4.69, 9.17) is 0 Å². The van der Waals surface area contributed by atoms with Gasteiger partial charge in [-0.05, 0) is 144 Å². The smallest absolute Gasteiger partial charge is 0.0991 e. The van der Waals surface area contributed by atoms with Crippen LogP contribution in [0.3, 0.4) is 0 Å². The van der Waals surface area contributed by atoms with Crippen molar-refractivity contribution in [1.29, 1.82) is 21.0 Å². The van der Waals surface area contributed by atoms with Crippen LogP contribution in [-0.4, -0.2) is 0 Å². The van der Waals surface area contributed by atoms with Crippen LogP contribution in [0.4, 0.5) is 0 Å². The minimum Gasteiger partial charge on any atom is -0.336 e. The van der Waals surface area contributed by atoms with E-state index >= 15 is 0 Å². The van der Waals surface area contributed by atoms with Crippen molar-refractivity contribution in [3.63, 3.8) is 0 Å². The SMILES string of the molecule is [CH2-]C(CC(CC(CC(CC(CC(CC(C)CC)c1ccccc1)(c1ccccc1)c1ccccc1)c1ccc(C#N)cc1)c1ccc(C#N)cc1)c1ccc(C#N)cc1)c1ccc(C#N)cc1. The highest BCUT2D eigenvalue weighted by Crippen LogP contribution is 2.51. The van der Waals surface area contributed by atoms with Crippen molar-refractivity contribution in [2.75, 3.05) is 0 Å². The molecule has 0 aliphatic heterocycles. The first-order chi connectivity index (χ1) is 32.7. The normalized spacial score (nSPS) is 13.9. The Hall–Kier alpha value is -7.50. The highest BCUT2D eigenvalue weighted by Gasteiger charge is 2.41. The highest BCUT2D eigenvalue weighted by atomic mass is 14.4. The van der Waals surface area contributed by atoms with E-state index in [1.54, 1.807) is 0 Å². The highest BCUT2D eigenvalue weighted by molar-refractivity contribution is 5.44. The Balaban J connectivity index is 1.40. The predicted molar refractivity (Wildman–Crippen MR) is 271 cm³/mol. The van der Waals surface area contributed by atoms with E-state index in [-0.39, 0.29) is 29.6 Å². The number of hydrogen-bond donors (Lipinski definition) is 0. The summed E-state index contributed by atoms with van der Waals surface area (Å²) in [6.07, 6.45) is 6.23. The van der Waals surface area contributed by atoms with Gasteiger partial charge in [-0.15, -0.1) is 5.92 Å². The number of benzene rings is 7. The zero-order valence-electron chi connectivity index (χ0n) is 38.8. The monoisotopic (exact) mass is 871 g/mol. The van der Waals surface area contributed by atoms with Gasteiger partial charge in [0.15, 0.2) is 0 Å². The van der Waals surface area contributed by atoms with E-state index in [9.17, 15) is 21.0 Å². The van der Waals surface area contributed by atoms with Gasteiger partial charge in [-0.25, -0.2) is 0 Å². The second-order valence-corrected chi connectivity index (χ2v) is 18.5. The van der Waals surface area contributed by atoms with Crippen LogP contribution in [0.15, 0.2) is 188 Å². The summed E-state index contributed by atoms with van der Waals surface area (Å²) in [5, 5.41) is 39.3. The summed E-state index contributed by atoms with van der Waals surface area (Å²) in [5.41, 5.74) is 10.6. The van der Waals surface area contributed by atoms with Crippen LogP contribution in [0.5, 0.6) is 0 Å². The standard InChI is InChI=1S/C63H59N4/c1-4-46(2)36-59(53-14-8-5-9-15-53)40-63(61-16-10-6-11-17-61,62-18-12-7-13-19-62)41-60(56-34-26-51(45-67)27-35-56)39-58(55-32-24-50(44-66)25-33-55)38-57(54-30-22-49(43-65)23-31-54)37-47(3)52-28-20-48(42-64)21-29-52/h5-35,46-47,57-60H,3-4,36-41H2,1-2H3/q-1. The zero-order chi connectivity index (χ0) is 47.0. The van der Waals surface area contributed by atoms with Gasteiger partial charge in [0.05, 0.1) is 46.5 Å². The molecule has 67 heavy (non-hydrogen) atoms. The van der Waals surface area contributed by atoms with Crippen LogP contribution in [0.25, 0.3) is 0 Å². The molecule has 7 aromatic rings. The molecule has 0 aromatic heterocycles. The first kappa shape index (κ1) is 47.5. The molecule has 4 heteroatoms. The Morgan fingerprint density at radius 3 is 1.09 bits per heavy atom. The van der Waals surface area contributed by atoms with Crippen molar-refractivity contribution in [2.24, 2.45) is 5.92 Å². The molecular formula is C63H59N4-. The maximum Gasteiger partial charge on any atom is 0.0991 e. The summed E-state index contributed by atoms with van der Waals surface area (Å²) in [7, 11) is 0. The molecule has 0 N–H and O–H groups in total. The average Bonchev–Trinajstić information content (AvgIpc) is 3.40. The summed E-state index contributed by atoms with van der Waals surface area (Å²) in [5.74, 6) is 0.878. The second kappa shape index (κ2) is 23.1. The van der Waals surface area contributed by atoms with Crippen LogP contribution in [-0.2, 0) is 5.41 Å². The quantitative estimate of drug-likeness (QED) is 0.0713. The van der Waals surface area contributed by atoms with Crippen molar-refractivity contribution >= 4 is 0 Å². The predicted octanol–water partition coefficient (Wildman–Crippen LogP) is 15.6. The molecule has 0 heterocycles. The molecule has 332 valence electrons. The van der Waals surface area contributed by atoms with E-state index in [1.165, 1.54) is 27.8 Å². The molecule has 0 saturated carbocycles. The summed E-state index contributed by atoms with van der Waals surface area (Å²) in [6.45, 7) is 9.37. The van der Waals surface area contributed by atoms with Gasteiger partial charge in [0.1, 0.15) is 0 Å². The molecule has 0 aliphatic carbocycles. The lowest BCUT2D eigenvalue weighted by Gasteiger charge is -2.42. The summed E-state index contributed by atoms with van der Waals surface area (Å²) in [6, 6.07) is 74.8. The lowest BCUT2D eigenvalue weighted by Crippen LogP contribution is -2.33. The van der Waals surface area contributed by atoms with Gasteiger partial charge >= 0.3 is 0 Å². The largest absolute Gasteiger partial charge is 0.336 e. The van der Waals surface area contributed by atoms with E-state index < -0.39 is 5.41 Å². The van der Waals surface area contributed by atoms with Crippen molar-refractivity contribution < 1.29 is 0 Å². The molecule has 7 rings (SSSR count).